The maximum Gasteiger partial charge on any atom is 0.403 e. The first-order valence-corrected chi connectivity index (χ1v) is 34.3. The average molecular weight is 1530 g/mol. The summed E-state index contributed by atoms with van der Waals surface area (Å²) < 4.78 is 127. The number of aromatic amines is 1. The Labute approximate surface area is 612 Å². The van der Waals surface area contributed by atoms with Crippen molar-refractivity contribution in [2.45, 2.75) is 121 Å². The van der Waals surface area contributed by atoms with Gasteiger partial charge in [0.05, 0.1) is 70.2 Å². The summed E-state index contributed by atoms with van der Waals surface area (Å²) in [5.74, 6) is -3.35. The van der Waals surface area contributed by atoms with Crippen molar-refractivity contribution in [3.8, 4) is 17.2 Å². The molecule has 6 aliphatic heterocycles. The van der Waals surface area contributed by atoms with Crippen LogP contribution in [0.15, 0.2) is 83.8 Å². The molecule has 40 heteroatoms. The number of aryl methyl sites for hydroxylation is 2. The molecule has 8 aromatic heterocycles. The van der Waals surface area contributed by atoms with Gasteiger partial charge in [0.15, 0.2) is 57.9 Å². The second-order valence-corrected chi connectivity index (χ2v) is 26.9. The molecule has 6 bridgehead atoms. The lowest BCUT2D eigenvalue weighted by Gasteiger charge is -2.36. The van der Waals surface area contributed by atoms with Crippen molar-refractivity contribution in [2.24, 2.45) is 17.6 Å². The van der Waals surface area contributed by atoms with Gasteiger partial charge in [-0.3, -0.25) is 50.1 Å². The summed E-state index contributed by atoms with van der Waals surface area (Å²) in [5, 5.41) is 34.1. The number of pyridine rings is 5. The number of amides is 6. The first-order chi connectivity index (χ1) is 51.2. The van der Waals surface area contributed by atoms with Crippen LogP contribution in [0, 0.1) is 25.7 Å². The number of hydrogen-bond donors (Lipinski definition) is 7. The quantitative estimate of drug-likeness (QED) is 0.0310. The zero-order valence-electron chi connectivity index (χ0n) is 57.9. The molecule has 108 heavy (non-hydrogen) atoms. The Hall–Kier alpha value is -10.9. The molecule has 6 aliphatic rings. The number of hydrogen-bond acceptors (Lipinski definition) is 23. The number of urea groups is 3. The number of Topliss-reactive ketones (excluding diaryl/α,β-unsaturated/α-hetero) is 3. The molecule has 14 rings (SSSR count). The monoisotopic (exact) mass is 1530 g/mol. The van der Waals surface area contributed by atoms with Crippen LogP contribution in [0.1, 0.15) is 102 Å². The zero-order chi connectivity index (χ0) is 77.4. The van der Waals surface area contributed by atoms with Crippen LogP contribution in [0.25, 0.3) is 22.5 Å². The minimum atomic E-state index is -4.60. The number of ether oxygens (including phenoxy) is 1. The minimum absolute atomic E-state index is 0.0476. The second kappa shape index (κ2) is 31.1. The van der Waals surface area contributed by atoms with Gasteiger partial charge >= 0.3 is 36.6 Å². The van der Waals surface area contributed by atoms with E-state index in [2.05, 4.69) is 66.0 Å². The van der Waals surface area contributed by atoms with Crippen LogP contribution in [0.4, 0.5) is 106 Å². The lowest BCUT2D eigenvalue weighted by atomic mass is 10.0. The number of carbonyl (C=O) groups is 6. The second-order valence-electron chi connectivity index (χ2n) is 26.5. The third-order valence-electron chi connectivity index (χ3n) is 18.8. The summed E-state index contributed by atoms with van der Waals surface area (Å²) in [5.41, 5.74) is 8.21. The van der Waals surface area contributed by atoms with Crippen molar-refractivity contribution < 1.29 is 87.6 Å². The van der Waals surface area contributed by atoms with Crippen LogP contribution in [-0.4, -0.2) is 197 Å². The maximum absolute atomic E-state index is 13.4. The van der Waals surface area contributed by atoms with E-state index in [4.69, 9.17) is 31.6 Å². The topological polar surface area (TPSA) is 379 Å². The Balaban J connectivity index is 0.000000151. The molecular weight excluding hydrogens is 1460 g/mol. The van der Waals surface area contributed by atoms with Crippen molar-refractivity contribution in [3.05, 3.63) is 113 Å². The van der Waals surface area contributed by atoms with Gasteiger partial charge in [-0.1, -0.05) is 25.4 Å². The van der Waals surface area contributed by atoms with Crippen LogP contribution < -0.4 is 55.8 Å². The van der Waals surface area contributed by atoms with E-state index in [1.807, 2.05) is 21.6 Å². The Morgan fingerprint density at radius 2 is 1.20 bits per heavy atom. The van der Waals surface area contributed by atoms with Crippen molar-refractivity contribution in [1.82, 2.24) is 50.1 Å². The molecule has 6 amide bonds. The van der Waals surface area contributed by atoms with Crippen LogP contribution in [0.2, 0.25) is 5.02 Å². The van der Waals surface area contributed by atoms with E-state index < -0.39 is 110 Å². The van der Waals surface area contributed by atoms with Gasteiger partial charge in [-0.25, -0.2) is 54.3 Å². The summed E-state index contributed by atoms with van der Waals surface area (Å²) in [6, 6.07) is 11.3. The Morgan fingerprint density at radius 1 is 0.657 bits per heavy atom. The van der Waals surface area contributed by atoms with Crippen molar-refractivity contribution in [2.75, 3.05) is 97.8 Å². The number of anilines is 9. The number of nitrogens with two attached hydrogens (primary N) is 1. The fraction of sp³-hybridized carbons (Fsp3) is 0.426. The average Bonchev–Trinajstić information content (AvgIpc) is 1.49. The largest absolute Gasteiger partial charge is 0.491 e. The normalized spacial score (nSPS) is 18.0. The molecule has 14 heterocycles. The number of aromatic nitrogens is 10. The van der Waals surface area contributed by atoms with E-state index in [-0.39, 0.29) is 81.7 Å². The van der Waals surface area contributed by atoms with Gasteiger partial charge in [-0.15, -0.1) is 0 Å². The SMILES string of the molecule is Cc1ccc2c(NC(=O)N3c4nc(C(=O)C[C@H](C)C(F)(F)F)c(Cl)cc4N4CC[C@H]3C4)n[nH]c2n1.Cc1ncc(-c2cc(NC(=O)N3c4nc(C(=O)C[C@H](C)C(F)(F)F)ccc4N4CC[C@H]3C4)ncn2)o1.N[C@H](CCC(=O)c1ccc2c(n1)N(C(=O)Nc1cc(OC[C@H](O)CO)ccn1)[C@H]1CCN2C1)C(F)(F)F. The van der Waals surface area contributed by atoms with Gasteiger partial charge in [0.2, 0.25) is 0 Å². The minimum Gasteiger partial charge on any atom is -0.491 e. The summed E-state index contributed by atoms with van der Waals surface area (Å²) in [7, 11) is 0. The summed E-state index contributed by atoms with van der Waals surface area (Å²) >= 11 is 6.28. The smallest absolute Gasteiger partial charge is 0.403 e. The number of fused-ring (bicyclic) bond motifs is 13. The number of oxazole rings is 1. The number of aliphatic hydroxyl groups is 2. The van der Waals surface area contributed by atoms with Gasteiger partial charge in [-0.2, -0.15) is 44.6 Å². The molecule has 0 saturated carbocycles. The number of aliphatic hydroxyl groups excluding tert-OH is 2. The highest BCUT2D eigenvalue weighted by Crippen LogP contribution is 2.45. The van der Waals surface area contributed by atoms with Gasteiger partial charge < -0.3 is 39.8 Å². The molecule has 0 radical (unpaired) electrons. The number of ketones is 3. The highest BCUT2D eigenvalue weighted by Gasteiger charge is 2.46. The molecule has 8 N–H and O–H groups in total. The molecule has 7 atom stereocenters. The van der Waals surface area contributed by atoms with Crippen molar-refractivity contribution in [1.29, 1.82) is 0 Å². The number of H-pyrrole nitrogens is 1. The number of carbonyl (C=O) groups excluding carboxylic acids is 6. The predicted molar refractivity (Wildman–Crippen MR) is 374 cm³/mol. The van der Waals surface area contributed by atoms with E-state index in [1.165, 1.54) is 69.8 Å². The Kier molecular flexibility index (Phi) is 22.1. The number of nitrogens with zero attached hydrogens (tertiary/aromatic N) is 15. The van der Waals surface area contributed by atoms with E-state index in [9.17, 15) is 73.4 Å². The molecule has 0 unspecified atom stereocenters. The highest BCUT2D eigenvalue weighted by atomic mass is 35.5. The van der Waals surface area contributed by atoms with Crippen LogP contribution in [0.5, 0.6) is 5.75 Å². The molecule has 30 nitrogen and oxygen atoms in total. The first kappa shape index (κ1) is 76.7. The molecular formula is C68H70ClF9N20O10. The van der Waals surface area contributed by atoms with E-state index >= 15 is 0 Å². The van der Waals surface area contributed by atoms with E-state index in [0.717, 1.165) is 19.5 Å². The third kappa shape index (κ3) is 16.9. The molecule has 0 aliphatic carbocycles. The van der Waals surface area contributed by atoms with E-state index in [0.29, 0.717) is 110 Å². The van der Waals surface area contributed by atoms with E-state index in [1.54, 1.807) is 31.2 Å². The van der Waals surface area contributed by atoms with Crippen LogP contribution in [0.3, 0.4) is 0 Å². The molecule has 8 aromatic rings. The van der Waals surface area contributed by atoms with Gasteiger partial charge in [0.1, 0.15) is 65.2 Å². The molecule has 0 spiro atoms. The number of alkyl halides is 9. The predicted octanol–water partition coefficient (Wildman–Crippen LogP) is 10.6. The van der Waals surface area contributed by atoms with Gasteiger partial charge in [-0.05, 0) is 81.1 Å². The standard InChI is InChI=1S/C23H22F3N7O3.C23H27F3N6O5.C22H21ClF3N7O2/c1-12(23(24,25)26)7-18(34)15-3-4-17-21(30-15)33(14-5-6-32(17)10-14)22(35)31-20-8-16(28-11-29-20)19-9-27-13(2)36-19;24-23(25,26)19(27)4-3-18(35)16-1-2-17-21(29-16)32(13-6-8-31(17)10-13)22(36)30-20-9-15(5-7-28-20)37-12-14(34)11-33;1-10(22(24,25)26)7-16(34)17-14(23)8-15-20(28-17)33(12-5-6-32(15)9-12)21(35)29-19-13-4-3-11(2)27-18(13)30-31-19/h3-4,8-9,11-12,14H,5-7,10H2,1-2H3,(H,28,29,31,35);1-2,5,7,9,13-14,19,33-34H,3-4,6,8,10-12,27H2,(H,28,30,36);3-4,8,10,12H,5-7,9H2,1-2H3,(H2,27,29,30,31,35)/t12-,14-;13-,14+,19+;10-,12-/m000/s1. The lowest BCUT2D eigenvalue weighted by molar-refractivity contribution is -0.169. The maximum atomic E-state index is 13.4. The van der Waals surface area contributed by atoms with Crippen molar-refractivity contribution in [3.63, 3.8) is 0 Å². The van der Waals surface area contributed by atoms with Crippen LogP contribution >= 0.6 is 11.6 Å². The molecule has 572 valence electrons. The summed E-state index contributed by atoms with van der Waals surface area (Å²) in [4.78, 5) is 122. The number of halogens is 10. The number of nitrogens with one attached hydrogen (secondary N) is 4. The highest BCUT2D eigenvalue weighted by molar-refractivity contribution is 6.34. The lowest BCUT2D eigenvalue weighted by Crippen LogP contribution is -2.48. The fourth-order valence-electron chi connectivity index (χ4n) is 13.0. The first-order valence-electron chi connectivity index (χ1n) is 34.0. The Bertz CT molecular complexity index is 4740. The van der Waals surface area contributed by atoms with Crippen LogP contribution in [-0.2, 0) is 0 Å². The zero-order valence-corrected chi connectivity index (χ0v) is 58.6. The van der Waals surface area contributed by atoms with Gasteiger partial charge in [0, 0.05) is 89.5 Å². The Morgan fingerprint density at radius 3 is 1.76 bits per heavy atom. The molecule has 3 saturated heterocycles. The molecule has 3 fully saturated rings. The number of rotatable bonds is 18. The summed E-state index contributed by atoms with van der Waals surface area (Å²) in [6.45, 7) is 8.48. The fourth-order valence-corrected chi connectivity index (χ4v) is 13.2. The van der Waals surface area contributed by atoms with Crippen molar-refractivity contribution >= 4 is 110 Å². The molecule has 0 aromatic carbocycles. The summed E-state index contributed by atoms with van der Waals surface area (Å²) in [6.07, 6.45) is -11.0. The third-order valence-corrected chi connectivity index (χ3v) is 19.1. The van der Waals surface area contributed by atoms with Gasteiger partial charge in [0.25, 0.3) is 0 Å².